The molecule has 128 valence electrons. The predicted molar refractivity (Wildman–Crippen MR) is 93.0 cm³/mol. The van der Waals surface area contributed by atoms with Crippen molar-refractivity contribution >= 4 is 40.5 Å². The molecule has 2 amide bonds. The van der Waals surface area contributed by atoms with Crippen LogP contribution in [-0.2, 0) is 20.9 Å². The maximum atomic E-state index is 11.9. The SMILES string of the molecule is CN(Cc1cccs1)C(=O)COC(=O)CCNC(=O)c1ccsc1. The van der Waals surface area contributed by atoms with Gasteiger partial charge >= 0.3 is 5.97 Å². The quantitative estimate of drug-likeness (QED) is 0.726. The second-order valence-electron chi connectivity index (χ2n) is 5.01. The van der Waals surface area contributed by atoms with Gasteiger partial charge in [-0.15, -0.1) is 11.3 Å². The van der Waals surface area contributed by atoms with E-state index in [9.17, 15) is 14.4 Å². The van der Waals surface area contributed by atoms with Crippen LogP contribution in [0.1, 0.15) is 21.7 Å². The lowest BCUT2D eigenvalue weighted by molar-refractivity contribution is -0.151. The standard InChI is InChI=1S/C16H18N2O4S2/c1-18(9-13-3-2-7-24-13)14(19)10-22-15(20)4-6-17-16(21)12-5-8-23-11-12/h2-3,5,7-8,11H,4,6,9-10H2,1H3,(H,17,21). The number of carbonyl (C=O) groups excluding carboxylic acids is 3. The first-order valence-electron chi connectivity index (χ1n) is 7.28. The summed E-state index contributed by atoms with van der Waals surface area (Å²) in [5.41, 5.74) is 0.568. The molecule has 0 aliphatic rings. The summed E-state index contributed by atoms with van der Waals surface area (Å²) in [6, 6.07) is 5.57. The molecule has 0 atom stereocenters. The minimum absolute atomic E-state index is 0.0256. The number of amides is 2. The Hall–Kier alpha value is -2.19. The monoisotopic (exact) mass is 366 g/mol. The molecular formula is C16H18N2O4S2. The third-order valence-electron chi connectivity index (χ3n) is 3.15. The fourth-order valence-electron chi connectivity index (χ4n) is 1.82. The van der Waals surface area contributed by atoms with Crippen molar-refractivity contribution in [2.75, 3.05) is 20.2 Å². The number of nitrogens with one attached hydrogen (secondary N) is 1. The summed E-state index contributed by atoms with van der Waals surface area (Å²) in [5.74, 6) is -1.01. The first-order chi connectivity index (χ1) is 11.6. The van der Waals surface area contributed by atoms with Crippen LogP contribution < -0.4 is 5.32 Å². The lowest BCUT2D eigenvalue weighted by atomic mass is 10.3. The molecule has 24 heavy (non-hydrogen) atoms. The van der Waals surface area contributed by atoms with Crippen molar-refractivity contribution in [2.24, 2.45) is 0 Å². The summed E-state index contributed by atoms with van der Waals surface area (Å²) in [4.78, 5) is 37.8. The number of hydrogen-bond donors (Lipinski definition) is 1. The molecule has 2 heterocycles. The molecule has 2 rings (SSSR count). The van der Waals surface area contributed by atoms with Crippen molar-refractivity contribution < 1.29 is 19.1 Å². The Morgan fingerprint density at radius 3 is 2.75 bits per heavy atom. The van der Waals surface area contributed by atoms with E-state index < -0.39 is 5.97 Å². The zero-order valence-electron chi connectivity index (χ0n) is 13.2. The molecule has 0 saturated heterocycles. The van der Waals surface area contributed by atoms with Crippen molar-refractivity contribution in [1.29, 1.82) is 0 Å². The maximum absolute atomic E-state index is 11.9. The summed E-state index contributed by atoms with van der Waals surface area (Å²) < 4.78 is 4.94. The molecule has 0 spiro atoms. The Labute approximate surface area is 148 Å². The minimum Gasteiger partial charge on any atom is -0.456 e. The van der Waals surface area contributed by atoms with E-state index in [1.165, 1.54) is 16.2 Å². The van der Waals surface area contributed by atoms with Crippen molar-refractivity contribution in [1.82, 2.24) is 10.2 Å². The van der Waals surface area contributed by atoms with Gasteiger partial charge in [-0.05, 0) is 22.9 Å². The normalized spacial score (nSPS) is 10.2. The number of rotatable bonds is 8. The van der Waals surface area contributed by atoms with E-state index >= 15 is 0 Å². The van der Waals surface area contributed by atoms with Gasteiger partial charge in [0.05, 0.1) is 13.0 Å². The van der Waals surface area contributed by atoms with Gasteiger partial charge < -0.3 is 15.0 Å². The van der Waals surface area contributed by atoms with Gasteiger partial charge in [0.1, 0.15) is 0 Å². The van der Waals surface area contributed by atoms with Crippen LogP contribution in [0, 0.1) is 0 Å². The third kappa shape index (κ3) is 5.78. The Bertz CT molecular complexity index is 668. The Kier molecular flexibility index (Phi) is 6.95. The number of nitrogens with zero attached hydrogens (tertiary/aromatic N) is 1. The van der Waals surface area contributed by atoms with Gasteiger partial charge in [-0.25, -0.2) is 0 Å². The molecule has 0 aliphatic heterocycles. The average Bonchev–Trinajstić information content (AvgIpc) is 3.25. The van der Waals surface area contributed by atoms with Crippen LogP contribution in [0.25, 0.3) is 0 Å². The fourth-order valence-corrected chi connectivity index (χ4v) is 3.22. The first kappa shape index (κ1) is 18.2. The van der Waals surface area contributed by atoms with Gasteiger partial charge in [0.15, 0.2) is 6.61 Å². The minimum atomic E-state index is -0.515. The highest BCUT2D eigenvalue weighted by Gasteiger charge is 2.13. The summed E-state index contributed by atoms with van der Waals surface area (Å²) in [6.45, 7) is 0.372. The van der Waals surface area contributed by atoms with E-state index in [0.717, 1.165) is 4.88 Å². The third-order valence-corrected chi connectivity index (χ3v) is 4.70. The number of esters is 1. The Morgan fingerprint density at radius 2 is 2.08 bits per heavy atom. The molecule has 8 heteroatoms. The van der Waals surface area contributed by atoms with E-state index in [1.54, 1.807) is 29.8 Å². The molecule has 0 unspecified atom stereocenters. The van der Waals surface area contributed by atoms with Crippen LogP contribution in [0.15, 0.2) is 34.3 Å². The highest BCUT2D eigenvalue weighted by atomic mass is 32.1. The molecule has 0 saturated carbocycles. The average molecular weight is 366 g/mol. The van der Waals surface area contributed by atoms with Crippen LogP contribution in [0.2, 0.25) is 0 Å². The van der Waals surface area contributed by atoms with E-state index in [2.05, 4.69) is 5.32 Å². The molecular weight excluding hydrogens is 348 g/mol. The van der Waals surface area contributed by atoms with Crippen molar-refractivity contribution in [3.05, 3.63) is 44.8 Å². The molecule has 0 aliphatic carbocycles. The summed E-state index contributed by atoms with van der Waals surface area (Å²) in [6.07, 6.45) is 0.0256. The van der Waals surface area contributed by atoms with Crippen LogP contribution in [0.3, 0.4) is 0 Å². The zero-order chi connectivity index (χ0) is 17.4. The second kappa shape index (κ2) is 9.19. The number of likely N-dealkylation sites (N-methyl/N-ethyl adjacent to an activating group) is 1. The molecule has 1 N–H and O–H groups in total. The zero-order valence-corrected chi connectivity index (χ0v) is 14.8. The van der Waals surface area contributed by atoms with E-state index in [4.69, 9.17) is 4.74 Å². The second-order valence-corrected chi connectivity index (χ2v) is 6.82. The predicted octanol–water partition coefficient (Wildman–Crippen LogP) is 2.13. The molecule has 0 bridgehead atoms. The first-order valence-corrected chi connectivity index (χ1v) is 9.11. The molecule has 6 nitrogen and oxygen atoms in total. The lowest BCUT2D eigenvalue weighted by Crippen LogP contribution is -2.31. The summed E-state index contributed by atoms with van der Waals surface area (Å²) >= 11 is 2.99. The van der Waals surface area contributed by atoms with Crippen molar-refractivity contribution in [2.45, 2.75) is 13.0 Å². The van der Waals surface area contributed by atoms with Crippen LogP contribution >= 0.6 is 22.7 Å². The molecule has 2 aromatic rings. The number of ether oxygens (including phenoxy) is 1. The summed E-state index contributed by atoms with van der Waals surface area (Å²) in [5, 5.41) is 8.11. The van der Waals surface area contributed by atoms with Gasteiger partial charge in [-0.2, -0.15) is 11.3 Å². The largest absolute Gasteiger partial charge is 0.456 e. The van der Waals surface area contributed by atoms with Gasteiger partial charge in [-0.3, -0.25) is 14.4 Å². The van der Waals surface area contributed by atoms with Gasteiger partial charge in [0.25, 0.3) is 11.8 Å². The van der Waals surface area contributed by atoms with Crippen molar-refractivity contribution in [3.8, 4) is 0 Å². The topological polar surface area (TPSA) is 75.7 Å². The lowest BCUT2D eigenvalue weighted by Gasteiger charge is -2.16. The molecule has 0 fully saturated rings. The van der Waals surface area contributed by atoms with Crippen LogP contribution in [0.5, 0.6) is 0 Å². The molecule has 0 radical (unpaired) electrons. The van der Waals surface area contributed by atoms with Gasteiger partial charge in [-0.1, -0.05) is 6.07 Å². The molecule has 2 aromatic heterocycles. The van der Waals surface area contributed by atoms with Crippen LogP contribution in [0.4, 0.5) is 0 Å². The maximum Gasteiger partial charge on any atom is 0.308 e. The smallest absolute Gasteiger partial charge is 0.308 e. The van der Waals surface area contributed by atoms with Gasteiger partial charge in [0, 0.05) is 29.4 Å². The number of thiophene rings is 2. The number of carbonyl (C=O) groups is 3. The fraction of sp³-hybridized carbons (Fsp3) is 0.312. The Morgan fingerprint density at radius 1 is 1.25 bits per heavy atom. The van der Waals surface area contributed by atoms with E-state index in [1.807, 2.05) is 22.9 Å². The highest BCUT2D eigenvalue weighted by Crippen LogP contribution is 2.10. The highest BCUT2D eigenvalue weighted by molar-refractivity contribution is 7.09. The van der Waals surface area contributed by atoms with Gasteiger partial charge in [0.2, 0.25) is 0 Å². The summed E-state index contributed by atoms with van der Waals surface area (Å²) in [7, 11) is 1.66. The van der Waals surface area contributed by atoms with E-state index in [-0.39, 0.29) is 31.4 Å². The van der Waals surface area contributed by atoms with E-state index in [0.29, 0.717) is 12.1 Å². The van der Waals surface area contributed by atoms with Crippen molar-refractivity contribution in [3.63, 3.8) is 0 Å². The Balaban J connectivity index is 1.62. The number of hydrogen-bond acceptors (Lipinski definition) is 6. The van der Waals surface area contributed by atoms with Crippen LogP contribution in [-0.4, -0.2) is 42.9 Å². The molecule has 0 aromatic carbocycles.